The van der Waals surface area contributed by atoms with Gasteiger partial charge >= 0.3 is 0 Å². The number of hydrogen-bond donors (Lipinski definition) is 2. The average Bonchev–Trinajstić information content (AvgIpc) is 3.26. The van der Waals surface area contributed by atoms with Gasteiger partial charge in [0.25, 0.3) is 0 Å². The number of ether oxygens (including phenoxy) is 1. The normalized spacial score (nSPS) is 11.3. The molecule has 4 rings (SSSR count). The van der Waals surface area contributed by atoms with E-state index in [1.807, 2.05) is 25.2 Å². The highest BCUT2D eigenvalue weighted by atomic mass is 16.5. The number of nitrogen functional groups attached to an aromatic ring is 1. The summed E-state index contributed by atoms with van der Waals surface area (Å²) >= 11 is 0. The van der Waals surface area contributed by atoms with Crippen LogP contribution in [0.4, 0.5) is 23.0 Å². The summed E-state index contributed by atoms with van der Waals surface area (Å²) in [6, 6.07) is 14.3. The van der Waals surface area contributed by atoms with Gasteiger partial charge in [-0.3, -0.25) is 0 Å². The van der Waals surface area contributed by atoms with Crippen LogP contribution in [0, 0.1) is 0 Å². The topological polar surface area (TPSA) is 84.5 Å². The van der Waals surface area contributed by atoms with Gasteiger partial charge in [0.2, 0.25) is 5.95 Å². The number of nitrogens with one attached hydrogen (secondary N) is 1. The van der Waals surface area contributed by atoms with Crippen molar-refractivity contribution in [3.05, 3.63) is 54.9 Å². The number of methoxy groups -OCH3 is 1. The molecule has 8 heteroatoms. The molecule has 0 bridgehead atoms. The van der Waals surface area contributed by atoms with Gasteiger partial charge in [0.1, 0.15) is 5.75 Å². The smallest absolute Gasteiger partial charge is 0.227 e. The monoisotopic (exact) mass is 501 g/mol. The number of benzene rings is 2. The Bertz CT molecular complexity index is 1330. The van der Waals surface area contributed by atoms with E-state index in [1.54, 1.807) is 13.3 Å². The van der Waals surface area contributed by atoms with Crippen LogP contribution in [0.1, 0.15) is 26.2 Å². The number of unbranched alkanes of at least 4 members (excludes halogenated alkanes) is 2. The van der Waals surface area contributed by atoms with Crippen molar-refractivity contribution in [2.75, 3.05) is 57.3 Å². The number of likely N-dealkylation sites (N-methyl/N-ethyl adjacent to an activating group) is 2. The Morgan fingerprint density at radius 2 is 1.86 bits per heavy atom. The molecule has 0 atom stereocenters. The molecule has 3 N–H and O–H groups in total. The molecule has 0 aliphatic rings. The molecule has 0 saturated carbocycles. The molecule has 8 nitrogen and oxygen atoms in total. The van der Waals surface area contributed by atoms with Crippen molar-refractivity contribution in [3.8, 4) is 17.0 Å². The lowest BCUT2D eigenvalue weighted by atomic mass is 10.1. The summed E-state index contributed by atoms with van der Waals surface area (Å²) in [5, 5.41) is 4.52. The van der Waals surface area contributed by atoms with Crippen LogP contribution in [0.15, 0.2) is 54.9 Å². The molecule has 0 aliphatic heterocycles. The first-order chi connectivity index (χ1) is 17.9. The number of anilines is 4. The molecule has 37 heavy (non-hydrogen) atoms. The minimum absolute atomic E-state index is 0.492. The maximum absolute atomic E-state index is 6.45. The number of aromatic nitrogens is 3. The summed E-state index contributed by atoms with van der Waals surface area (Å²) in [4.78, 5) is 13.6. The van der Waals surface area contributed by atoms with Gasteiger partial charge in [0, 0.05) is 61.6 Å². The Hall–Kier alpha value is -3.78. The third kappa shape index (κ3) is 6.14. The summed E-state index contributed by atoms with van der Waals surface area (Å²) in [6.45, 7) is 5.00. The van der Waals surface area contributed by atoms with Crippen molar-refractivity contribution in [3.63, 3.8) is 0 Å². The van der Waals surface area contributed by atoms with Crippen molar-refractivity contribution in [1.29, 1.82) is 0 Å². The summed E-state index contributed by atoms with van der Waals surface area (Å²) in [7, 11) is 7.81. The number of fused-ring (bicyclic) bond motifs is 1. The Morgan fingerprint density at radius 3 is 2.62 bits per heavy atom. The third-order valence-electron chi connectivity index (χ3n) is 6.61. The lowest BCUT2D eigenvalue weighted by molar-refractivity contribution is 0.413. The fourth-order valence-corrected chi connectivity index (χ4v) is 4.51. The second kappa shape index (κ2) is 12.0. The second-order valence-electron chi connectivity index (χ2n) is 9.69. The predicted octanol–water partition coefficient (Wildman–Crippen LogP) is 5.62. The van der Waals surface area contributed by atoms with Crippen LogP contribution in [0.2, 0.25) is 0 Å². The van der Waals surface area contributed by atoms with Crippen molar-refractivity contribution in [2.24, 2.45) is 0 Å². The van der Waals surface area contributed by atoms with Crippen molar-refractivity contribution < 1.29 is 4.74 Å². The number of para-hydroxylation sites is 1. The molecule has 0 saturated heterocycles. The molecule has 0 fully saturated rings. The number of hydrogen-bond acceptors (Lipinski definition) is 7. The van der Waals surface area contributed by atoms with Gasteiger partial charge in [-0.05, 0) is 38.7 Å². The number of nitrogens with two attached hydrogens (primary N) is 1. The Balaban J connectivity index is 1.62. The molecular formula is C29H39N7O. The van der Waals surface area contributed by atoms with Gasteiger partial charge in [-0.1, -0.05) is 38.0 Å². The minimum Gasteiger partial charge on any atom is -0.494 e. The van der Waals surface area contributed by atoms with Crippen LogP contribution >= 0.6 is 0 Å². The lowest BCUT2D eigenvalue weighted by Gasteiger charge is -2.24. The SMILES string of the molecule is CCCCCn1cc(-c2ccnc(Nc3cc(N)c(N(C)CCN(C)C)cc3OC)n2)c2ccccc21. The number of aryl methyl sites for hydroxylation is 1. The van der Waals surface area contributed by atoms with Crippen LogP contribution in [0.5, 0.6) is 5.75 Å². The highest BCUT2D eigenvalue weighted by molar-refractivity contribution is 5.95. The molecule has 0 spiro atoms. The van der Waals surface area contributed by atoms with Crippen molar-refractivity contribution >= 4 is 33.9 Å². The molecule has 2 aromatic carbocycles. The van der Waals surface area contributed by atoms with Gasteiger partial charge in [-0.2, -0.15) is 0 Å². The first-order valence-corrected chi connectivity index (χ1v) is 12.9. The molecule has 4 aromatic rings. The number of nitrogens with zero attached hydrogens (tertiary/aromatic N) is 5. The standard InChI is InChI=1S/C29H39N7O/c1-6-7-10-15-36-20-22(21-11-8-9-12-26(21)36)24-13-14-31-29(32-24)33-25-18-23(30)27(19-28(25)37-5)35(4)17-16-34(2)3/h8-9,11-14,18-20H,6-7,10,15-17,30H2,1-5H3,(H,31,32,33). The highest BCUT2D eigenvalue weighted by Crippen LogP contribution is 2.36. The van der Waals surface area contributed by atoms with Crippen LogP contribution in [-0.2, 0) is 6.54 Å². The second-order valence-corrected chi connectivity index (χ2v) is 9.69. The van der Waals surface area contributed by atoms with Crippen LogP contribution in [0.25, 0.3) is 22.2 Å². The molecular weight excluding hydrogens is 462 g/mol. The third-order valence-corrected chi connectivity index (χ3v) is 6.61. The maximum atomic E-state index is 6.45. The van der Waals surface area contributed by atoms with E-state index in [9.17, 15) is 0 Å². The van der Waals surface area contributed by atoms with Gasteiger partial charge in [-0.15, -0.1) is 0 Å². The van der Waals surface area contributed by atoms with Gasteiger partial charge in [0.15, 0.2) is 0 Å². The zero-order valence-electron chi connectivity index (χ0n) is 22.7. The average molecular weight is 502 g/mol. The van der Waals surface area contributed by atoms with Gasteiger partial charge < -0.3 is 30.2 Å². The Morgan fingerprint density at radius 1 is 1.05 bits per heavy atom. The van der Waals surface area contributed by atoms with Crippen LogP contribution in [0.3, 0.4) is 0 Å². The maximum Gasteiger partial charge on any atom is 0.227 e. The summed E-state index contributed by atoms with van der Waals surface area (Å²) in [5.41, 5.74) is 12.0. The molecule has 196 valence electrons. The largest absolute Gasteiger partial charge is 0.494 e. The van der Waals surface area contributed by atoms with Crippen molar-refractivity contribution in [1.82, 2.24) is 19.4 Å². The molecule has 0 aliphatic carbocycles. The lowest BCUT2D eigenvalue weighted by Crippen LogP contribution is -2.29. The van der Waals surface area contributed by atoms with E-state index in [-0.39, 0.29) is 0 Å². The Labute approximate surface area is 220 Å². The van der Waals surface area contributed by atoms with E-state index >= 15 is 0 Å². The summed E-state index contributed by atoms with van der Waals surface area (Å²) in [6.07, 6.45) is 7.58. The number of rotatable bonds is 12. The zero-order chi connectivity index (χ0) is 26.4. The fraction of sp³-hybridized carbons (Fsp3) is 0.379. The van der Waals surface area contributed by atoms with Crippen molar-refractivity contribution in [2.45, 2.75) is 32.7 Å². The first kappa shape index (κ1) is 26.3. The van der Waals surface area contributed by atoms with Crippen LogP contribution < -0.4 is 20.7 Å². The first-order valence-electron chi connectivity index (χ1n) is 12.9. The van der Waals surface area contributed by atoms with E-state index in [2.05, 4.69) is 76.1 Å². The molecule has 0 radical (unpaired) electrons. The summed E-state index contributed by atoms with van der Waals surface area (Å²) in [5.74, 6) is 1.18. The van der Waals surface area contributed by atoms with Gasteiger partial charge in [0.05, 0.1) is 29.9 Å². The highest BCUT2D eigenvalue weighted by Gasteiger charge is 2.15. The minimum atomic E-state index is 0.492. The molecule has 0 unspecified atom stereocenters. The van der Waals surface area contributed by atoms with E-state index in [4.69, 9.17) is 15.5 Å². The molecule has 2 aromatic heterocycles. The van der Waals surface area contributed by atoms with Crippen LogP contribution in [-0.4, -0.2) is 60.8 Å². The molecule has 2 heterocycles. The zero-order valence-corrected chi connectivity index (χ0v) is 22.7. The Kier molecular flexibility index (Phi) is 8.50. The predicted molar refractivity (Wildman–Crippen MR) is 155 cm³/mol. The van der Waals surface area contributed by atoms with E-state index in [0.717, 1.165) is 48.7 Å². The van der Waals surface area contributed by atoms with Gasteiger partial charge in [-0.25, -0.2) is 9.97 Å². The fourth-order valence-electron chi connectivity index (χ4n) is 4.51. The summed E-state index contributed by atoms with van der Waals surface area (Å²) < 4.78 is 8.04. The quantitative estimate of drug-likeness (QED) is 0.192. The molecule has 0 amide bonds. The van der Waals surface area contributed by atoms with E-state index in [0.29, 0.717) is 17.4 Å². The van der Waals surface area contributed by atoms with E-state index in [1.165, 1.54) is 23.7 Å². The van der Waals surface area contributed by atoms with E-state index < -0.39 is 0 Å².